The number of hydrogen-bond acceptors (Lipinski definition) is 5. The number of aromatic nitrogens is 1. The smallest absolute Gasteiger partial charge is 0.163 e. The lowest BCUT2D eigenvalue weighted by Gasteiger charge is -2.19. The third-order valence-electron chi connectivity index (χ3n) is 2.71. The molecule has 0 bridgehead atoms. The molecule has 1 aliphatic heterocycles. The molecule has 5 heteroatoms. The Kier molecular flexibility index (Phi) is 2.91. The monoisotopic (exact) mass is 253 g/mol. The lowest BCUT2D eigenvalue weighted by Crippen LogP contribution is -2.15. The van der Waals surface area contributed by atoms with Gasteiger partial charge in [0.05, 0.1) is 5.56 Å². The number of ether oxygens (including phenoxy) is 2. The molecule has 94 valence electrons. The van der Waals surface area contributed by atoms with Crippen LogP contribution in [0.2, 0.25) is 0 Å². The first-order valence-electron chi connectivity index (χ1n) is 5.88. The number of benzene rings is 1. The first-order valence-corrected chi connectivity index (χ1v) is 5.88. The summed E-state index contributed by atoms with van der Waals surface area (Å²) in [6, 6.07) is 11.1. The van der Waals surface area contributed by atoms with Gasteiger partial charge < -0.3 is 14.8 Å². The molecule has 0 radical (unpaired) electrons. The molecule has 0 saturated heterocycles. The van der Waals surface area contributed by atoms with Crippen LogP contribution in [-0.4, -0.2) is 18.2 Å². The van der Waals surface area contributed by atoms with Crippen molar-refractivity contribution in [2.24, 2.45) is 0 Å². The van der Waals surface area contributed by atoms with E-state index in [2.05, 4.69) is 10.3 Å². The molecular weight excluding hydrogens is 242 g/mol. The van der Waals surface area contributed by atoms with E-state index >= 15 is 0 Å². The average molecular weight is 253 g/mol. The maximum absolute atomic E-state index is 8.71. The van der Waals surface area contributed by atoms with Crippen molar-refractivity contribution in [2.45, 2.75) is 0 Å². The molecule has 1 aromatic carbocycles. The van der Waals surface area contributed by atoms with Crippen molar-refractivity contribution in [1.29, 1.82) is 5.26 Å². The SMILES string of the molecule is N#Cc1ccc(Nc2ccc3c(c2)OCCO3)nc1. The molecule has 0 unspecified atom stereocenters. The van der Waals surface area contributed by atoms with E-state index < -0.39 is 0 Å². The summed E-state index contributed by atoms with van der Waals surface area (Å²) >= 11 is 0. The number of hydrogen-bond donors (Lipinski definition) is 1. The van der Waals surface area contributed by atoms with Gasteiger partial charge in [0, 0.05) is 18.0 Å². The molecule has 3 rings (SSSR count). The standard InChI is InChI=1S/C14H11N3O2/c15-8-10-1-4-14(16-9-10)17-11-2-3-12-13(7-11)19-6-5-18-12/h1-4,7,9H,5-6H2,(H,16,17). The first kappa shape index (κ1) is 11.4. The van der Waals surface area contributed by atoms with Gasteiger partial charge in [-0.2, -0.15) is 5.26 Å². The summed E-state index contributed by atoms with van der Waals surface area (Å²) in [7, 11) is 0. The zero-order chi connectivity index (χ0) is 13.1. The van der Waals surface area contributed by atoms with Gasteiger partial charge in [0.15, 0.2) is 11.5 Å². The summed E-state index contributed by atoms with van der Waals surface area (Å²) in [5.41, 5.74) is 1.40. The maximum Gasteiger partial charge on any atom is 0.163 e. The van der Waals surface area contributed by atoms with Crippen molar-refractivity contribution in [1.82, 2.24) is 4.98 Å². The highest BCUT2D eigenvalue weighted by atomic mass is 16.6. The summed E-state index contributed by atoms with van der Waals surface area (Å²) in [6.07, 6.45) is 1.53. The predicted molar refractivity (Wildman–Crippen MR) is 69.7 cm³/mol. The van der Waals surface area contributed by atoms with Crippen LogP contribution in [0.15, 0.2) is 36.5 Å². The fraction of sp³-hybridized carbons (Fsp3) is 0.143. The summed E-state index contributed by atoms with van der Waals surface area (Å²) in [6.45, 7) is 1.14. The van der Waals surface area contributed by atoms with Crippen LogP contribution >= 0.6 is 0 Å². The van der Waals surface area contributed by atoms with Crippen LogP contribution < -0.4 is 14.8 Å². The van der Waals surface area contributed by atoms with E-state index in [-0.39, 0.29) is 0 Å². The van der Waals surface area contributed by atoms with Crippen LogP contribution in [-0.2, 0) is 0 Å². The molecule has 19 heavy (non-hydrogen) atoms. The first-order chi connectivity index (χ1) is 9.35. The highest BCUT2D eigenvalue weighted by molar-refractivity contribution is 5.61. The van der Waals surface area contributed by atoms with Crippen LogP contribution in [0.4, 0.5) is 11.5 Å². The number of nitrogens with one attached hydrogen (secondary N) is 1. The van der Waals surface area contributed by atoms with Crippen LogP contribution in [0.25, 0.3) is 0 Å². The second-order valence-electron chi connectivity index (χ2n) is 4.03. The fourth-order valence-electron chi connectivity index (χ4n) is 1.80. The second kappa shape index (κ2) is 4.86. The molecule has 0 saturated carbocycles. The van der Waals surface area contributed by atoms with Gasteiger partial charge in [0.25, 0.3) is 0 Å². The van der Waals surface area contributed by atoms with E-state index in [9.17, 15) is 0 Å². The molecule has 5 nitrogen and oxygen atoms in total. The van der Waals surface area contributed by atoms with Crippen molar-refractivity contribution >= 4 is 11.5 Å². The topological polar surface area (TPSA) is 67.2 Å². The molecule has 0 atom stereocenters. The van der Waals surface area contributed by atoms with Gasteiger partial charge in [0.2, 0.25) is 0 Å². The minimum Gasteiger partial charge on any atom is -0.486 e. The van der Waals surface area contributed by atoms with Crippen LogP contribution in [0.1, 0.15) is 5.56 Å². The van der Waals surface area contributed by atoms with Crippen molar-refractivity contribution in [3.8, 4) is 17.6 Å². The van der Waals surface area contributed by atoms with E-state index in [4.69, 9.17) is 14.7 Å². The van der Waals surface area contributed by atoms with Gasteiger partial charge in [-0.15, -0.1) is 0 Å². The minimum absolute atomic E-state index is 0.535. The van der Waals surface area contributed by atoms with Gasteiger partial charge in [0.1, 0.15) is 25.1 Å². The number of rotatable bonds is 2. The normalized spacial score (nSPS) is 12.6. The van der Waals surface area contributed by atoms with Crippen LogP contribution in [0.5, 0.6) is 11.5 Å². The minimum atomic E-state index is 0.535. The average Bonchev–Trinajstić information content (AvgIpc) is 2.48. The van der Waals surface area contributed by atoms with Crippen LogP contribution in [0, 0.1) is 11.3 Å². The van der Waals surface area contributed by atoms with Gasteiger partial charge in [-0.3, -0.25) is 0 Å². The Balaban J connectivity index is 1.81. The van der Waals surface area contributed by atoms with Gasteiger partial charge in [-0.25, -0.2) is 4.98 Å². The molecule has 1 aromatic heterocycles. The summed E-state index contributed by atoms with van der Waals surface area (Å²) < 4.78 is 11.0. The quantitative estimate of drug-likeness (QED) is 0.890. The largest absolute Gasteiger partial charge is 0.486 e. The van der Waals surface area contributed by atoms with E-state index in [0.717, 1.165) is 17.2 Å². The predicted octanol–water partition coefficient (Wildman–Crippen LogP) is 2.47. The number of nitriles is 1. The van der Waals surface area contributed by atoms with E-state index in [1.165, 1.54) is 6.20 Å². The Labute approximate surface area is 110 Å². The number of anilines is 2. The van der Waals surface area contributed by atoms with Crippen molar-refractivity contribution < 1.29 is 9.47 Å². The summed E-state index contributed by atoms with van der Waals surface area (Å²) in [4.78, 5) is 4.15. The molecule has 1 N–H and O–H groups in total. The number of nitrogens with zero attached hydrogens (tertiary/aromatic N) is 2. The van der Waals surface area contributed by atoms with Gasteiger partial charge in [-0.05, 0) is 24.3 Å². The lowest BCUT2D eigenvalue weighted by atomic mass is 10.2. The second-order valence-corrected chi connectivity index (χ2v) is 4.03. The third-order valence-corrected chi connectivity index (χ3v) is 2.71. The van der Waals surface area contributed by atoms with Crippen LogP contribution in [0.3, 0.4) is 0 Å². The van der Waals surface area contributed by atoms with Gasteiger partial charge in [-0.1, -0.05) is 0 Å². The Bertz CT molecular complexity index is 632. The highest BCUT2D eigenvalue weighted by Gasteiger charge is 2.11. The lowest BCUT2D eigenvalue weighted by molar-refractivity contribution is 0.171. The van der Waals surface area contributed by atoms with Crippen molar-refractivity contribution in [3.63, 3.8) is 0 Å². The molecule has 2 aromatic rings. The zero-order valence-electron chi connectivity index (χ0n) is 10.1. The molecular formula is C14H11N3O2. The van der Waals surface area contributed by atoms with Crippen molar-refractivity contribution in [2.75, 3.05) is 18.5 Å². The van der Waals surface area contributed by atoms with E-state index in [1.54, 1.807) is 12.1 Å². The zero-order valence-corrected chi connectivity index (χ0v) is 10.1. The highest BCUT2D eigenvalue weighted by Crippen LogP contribution is 2.33. The molecule has 1 aliphatic rings. The number of fused-ring (bicyclic) bond motifs is 1. The van der Waals surface area contributed by atoms with E-state index in [0.29, 0.717) is 24.6 Å². The Morgan fingerprint density at radius 2 is 1.95 bits per heavy atom. The van der Waals surface area contributed by atoms with Crippen molar-refractivity contribution in [3.05, 3.63) is 42.1 Å². The molecule has 0 amide bonds. The molecule has 0 aliphatic carbocycles. The third kappa shape index (κ3) is 2.43. The Hall–Kier alpha value is -2.74. The maximum atomic E-state index is 8.71. The molecule has 2 heterocycles. The van der Waals surface area contributed by atoms with E-state index in [1.807, 2.05) is 24.3 Å². The van der Waals surface area contributed by atoms with Gasteiger partial charge >= 0.3 is 0 Å². The fourth-order valence-corrected chi connectivity index (χ4v) is 1.80. The summed E-state index contributed by atoms with van der Waals surface area (Å²) in [5.74, 6) is 2.16. The number of pyridine rings is 1. The molecule has 0 fully saturated rings. The Morgan fingerprint density at radius 3 is 2.68 bits per heavy atom. The summed E-state index contributed by atoms with van der Waals surface area (Å²) in [5, 5.41) is 11.9. The Morgan fingerprint density at radius 1 is 1.11 bits per heavy atom. The molecule has 0 spiro atoms.